The first kappa shape index (κ1) is 52.5. The first-order chi connectivity index (χ1) is 26.0. The number of unbranched alkanes of at least 4 members (excludes halogenated alkanes) is 22. The number of phosphoric acid groups is 1. The van der Waals surface area contributed by atoms with E-state index in [4.69, 9.17) is 18.5 Å². The molecule has 54 heavy (non-hydrogen) atoms. The van der Waals surface area contributed by atoms with E-state index in [1.165, 1.54) is 116 Å². The monoisotopic (exact) mass is 787 g/mol. The molecule has 0 bridgehead atoms. The second-order valence-electron chi connectivity index (χ2n) is 16.1. The second kappa shape index (κ2) is 37.1. The van der Waals surface area contributed by atoms with Gasteiger partial charge in [-0.05, 0) is 51.4 Å². The molecule has 0 fully saturated rings. The summed E-state index contributed by atoms with van der Waals surface area (Å²) in [7, 11) is 1.46. The zero-order valence-corrected chi connectivity index (χ0v) is 36.6. The second-order valence-corrected chi connectivity index (χ2v) is 17.5. The van der Waals surface area contributed by atoms with Crippen LogP contribution < -0.4 is 0 Å². The quantitative estimate of drug-likeness (QED) is 0.0215. The van der Waals surface area contributed by atoms with Gasteiger partial charge in [-0.15, -0.1) is 0 Å². The molecule has 0 amide bonds. The Morgan fingerprint density at radius 3 is 1.46 bits per heavy atom. The minimum absolute atomic E-state index is 0.0266. The fourth-order valence-corrected chi connectivity index (χ4v) is 6.71. The number of ether oxygens (including phenoxy) is 2. The number of esters is 2. The highest BCUT2D eigenvalue weighted by Gasteiger charge is 2.27. The lowest BCUT2D eigenvalue weighted by Crippen LogP contribution is -2.37. The predicted molar refractivity (Wildman–Crippen MR) is 224 cm³/mol. The number of carbonyl (C=O) groups excluding carboxylic acids is 2. The molecular formula is C44H85NO8P+. The van der Waals surface area contributed by atoms with E-state index in [1.54, 1.807) is 0 Å². The topological polar surface area (TPSA) is 108 Å². The highest BCUT2D eigenvalue weighted by Crippen LogP contribution is 2.43. The van der Waals surface area contributed by atoms with Gasteiger partial charge in [0.05, 0.1) is 27.7 Å². The molecular weight excluding hydrogens is 701 g/mol. The molecule has 0 aromatic carbocycles. The van der Waals surface area contributed by atoms with Crippen LogP contribution in [0.5, 0.6) is 0 Å². The Bertz CT molecular complexity index is 980. The van der Waals surface area contributed by atoms with Gasteiger partial charge in [-0.25, -0.2) is 4.57 Å². The number of phosphoric ester groups is 1. The van der Waals surface area contributed by atoms with E-state index >= 15 is 0 Å². The number of rotatable bonds is 40. The van der Waals surface area contributed by atoms with E-state index < -0.39 is 26.5 Å². The van der Waals surface area contributed by atoms with Crippen LogP contribution in [0, 0.1) is 0 Å². The van der Waals surface area contributed by atoms with Crippen LogP contribution in [-0.2, 0) is 32.7 Å². The van der Waals surface area contributed by atoms with E-state index in [0.717, 1.165) is 44.9 Å². The lowest BCUT2D eigenvalue weighted by atomic mass is 10.1. The van der Waals surface area contributed by atoms with Crippen molar-refractivity contribution in [1.82, 2.24) is 0 Å². The van der Waals surface area contributed by atoms with Crippen molar-refractivity contribution in [3.05, 3.63) is 24.3 Å². The highest BCUT2D eigenvalue weighted by atomic mass is 31.2. The number of carbonyl (C=O) groups is 2. The summed E-state index contributed by atoms with van der Waals surface area (Å²) in [6.07, 6.45) is 39.5. The van der Waals surface area contributed by atoms with Crippen LogP contribution in [0.1, 0.15) is 194 Å². The van der Waals surface area contributed by atoms with Gasteiger partial charge in [0, 0.05) is 12.8 Å². The molecule has 318 valence electrons. The number of likely N-dealkylation sites (N-methyl/N-ethyl adjacent to an activating group) is 1. The van der Waals surface area contributed by atoms with Crippen LogP contribution in [0.15, 0.2) is 24.3 Å². The standard InChI is InChI=1S/C44H84NO8P/c1-6-8-10-12-14-16-18-20-22-24-26-28-30-32-34-36-43(46)50-40-42(41-52-54(48,49)51-39-38-45(3,4)5)53-44(47)37-35-33-31-29-27-25-23-21-19-17-15-13-11-9-7-2/h16,18,31,33,42H,6-15,17,19-30,32,34-41H2,1-5H3/p+1/b18-16+,33-31+/t42-/m1/s1. The molecule has 10 heteroatoms. The van der Waals surface area contributed by atoms with Crippen LogP contribution in [0.2, 0.25) is 0 Å². The summed E-state index contributed by atoms with van der Waals surface area (Å²) in [5, 5.41) is 0. The van der Waals surface area contributed by atoms with Crippen LogP contribution in [0.25, 0.3) is 0 Å². The van der Waals surface area contributed by atoms with Gasteiger partial charge in [-0.2, -0.15) is 0 Å². The van der Waals surface area contributed by atoms with Gasteiger partial charge < -0.3 is 18.9 Å². The van der Waals surface area contributed by atoms with Gasteiger partial charge in [0.1, 0.15) is 19.8 Å². The Morgan fingerprint density at radius 1 is 0.556 bits per heavy atom. The molecule has 0 aliphatic heterocycles. The lowest BCUT2D eigenvalue weighted by molar-refractivity contribution is -0.870. The summed E-state index contributed by atoms with van der Waals surface area (Å²) in [5.74, 6) is -0.856. The average Bonchev–Trinajstić information content (AvgIpc) is 3.12. The van der Waals surface area contributed by atoms with Crippen molar-refractivity contribution in [2.75, 3.05) is 47.5 Å². The predicted octanol–water partition coefficient (Wildman–Crippen LogP) is 12.4. The molecule has 0 spiro atoms. The number of allylic oxidation sites excluding steroid dienone is 4. The summed E-state index contributed by atoms with van der Waals surface area (Å²) >= 11 is 0. The van der Waals surface area contributed by atoms with Crippen LogP contribution in [-0.4, -0.2) is 74.9 Å². The van der Waals surface area contributed by atoms with E-state index in [2.05, 4.69) is 32.1 Å². The molecule has 0 aromatic heterocycles. The molecule has 1 N–H and O–H groups in total. The van der Waals surface area contributed by atoms with Crippen LogP contribution >= 0.6 is 7.82 Å². The molecule has 0 rings (SSSR count). The number of quaternary nitrogens is 1. The third-order valence-electron chi connectivity index (χ3n) is 9.47. The van der Waals surface area contributed by atoms with Crippen LogP contribution in [0.3, 0.4) is 0 Å². The van der Waals surface area contributed by atoms with Crippen molar-refractivity contribution in [3.8, 4) is 0 Å². The molecule has 1 unspecified atom stereocenters. The normalized spacial score (nSPS) is 13.8. The molecule has 0 saturated heterocycles. The summed E-state index contributed by atoms with van der Waals surface area (Å²) in [6.45, 7) is 4.37. The fourth-order valence-electron chi connectivity index (χ4n) is 5.97. The minimum atomic E-state index is -4.38. The Labute approximate surface area is 332 Å². The lowest BCUT2D eigenvalue weighted by Gasteiger charge is -2.24. The number of nitrogens with zero attached hydrogens (tertiary/aromatic N) is 1. The average molecular weight is 787 g/mol. The van der Waals surface area contributed by atoms with Crippen molar-refractivity contribution >= 4 is 19.8 Å². The molecule has 0 aliphatic rings. The number of hydrogen-bond donors (Lipinski definition) is 1. The van der Waals surface area contributed by atoms with Crippen molar-refractivity contribution in [3.63, 3.8) is 0 Å². The van der Waals surface area contributed by atoms with Crippen LogP contribution in [0.4, 0.5) is 0 Å². The van der Waals surface area contributed by atoms with Gasteiger partial charge in [-0.1, -0.05) is 154 Å². The van der Waals surface area contributed by atoms with E-state index in [0.29, 0.717) is 17.4 Å². The zero-order chi connectivity index (χ0) is 40.0. The first-order valence-corrected chi connectivity index (χ1v) is 23.6. The van der Waals surface area contributed by atoms with Gasteiger partial charge in [0.15, 0.2) is 6.10 Å². The van der Waals surface area contributed by atoms with Crippen molar-refractivity contribution in [2.45, 2.75) is 200 Å². The minimum Gasteiger partial charge on any atom is -0.462 e. The molecule has 2 atom stereocenters. The Hall–Kier alpha value is -1.51. The van der Waals surface area contributed by atoms with E-state index in [-0.39, 0.29) is 32.0 Å². The largest absolute Gasteiger partial charge is 0.472 e. The van der Waals surface area contributed by atoms with Gasteiger partial charge in [0.25, 0.3) is 0 Å². The molecule has 0 saturated carbocycles. The van der Waals surface area contributed by atoms with Gasteiger partial charge in [0.2, 0.25) is 0 Å². The van der Waals surface area contributed by atoms with Gasteiger partial charge in [-0.3, -0.25) is 18.6 Å². The maximum absolute atomic E-state index is 12.6. The third kappa shape index (κ3) is 40.2. The zero-order valence-electron chi connectivity index (χ0n) is 35.7. The van der Waals surface area contributed by atoms with Crippen molar-refractivity contribution in [2.24, 2.45) is 0 Å². The summed E-state index contributed by atoms with van der Waals surface area (Å²) in [4.78, 5) is 35.3. The Kier molecular flexibility index (Phi) is 36.1. The summed E-state index contributed by atoms with van der Waals surface area (Å²) in [6, 6.07) is 0. The maximum atomic E-state index is 12.6. The summed E-state index contributed by atoms with van der Waals surface area (Å²) < 4.78 is 34.2. The highest BCUT2D eigenvalue weighted by molar-refractivity contribution is 7.47. The number of hydrogen-bond acceptors (Lipinski definition) is 7. The van der Waals surface area contributed by atoms with Gasteiger partial charge >= 0.3 is 19.8 Å². The molecule has 0 aliphatic carbocycles. The van der Waals surface area contributed by atoms with Crippen molar-refractivity contribution < 1.29 is 42.1 Å². The fraction of sp³-hybridized carbons (Fsp3) is 0.864. The van der Waals surface area contributed by atoms with E-state index in [9.17, 15) is 19.0 Å². The maximum Gasteiger partial charge on any atom is 0.472 e. The first-order valence-electron chi connectivity index (χ1n) is 22.1. The Balaban J connectivity index is 4.39. The SMILES string of the molecule is CCCCCC/C=C/CCCCCCCCCC(=O)OC[C@H](COP(=O)(O)OCC[N+](C)(C)C)OC(=O)CC/C=C/CCCCCCCCCCCCC. The van der Waals surface area contributed by atoms with Crippen molar-refractivity contribution in [1.29, 1.82) is 0 Å². The third-order valence-corrected chi connectivity index (χ3v) is 10.5. The Morgan fingerprint density at radius 2 is 0.981 bits per heavy atom. The van der Waals surface area contributed by atoms with E-state index in [1.807, 2.05) is 27.2 Å². The smallest absolute Gasteiger partial charge is 0.462 e. The summed E-state index contributed by atoms with van der Waals surface area (Å²) in [5.41, 5.74) is 0. The molecule has 0 aromatic rings. The molecule has 9 nitrogen and oxygen atoms in total. The molecule has 0 heterocycles. The molecule has 0 radical (unpaired) electrons.